The Morgan fingerprint density at radius 2 is 2.13 bits per heavy atom. The van der Waals surface area contributed by atoms with Crippen LogP contribution in [-0.4, -0.2) is 40.8 Å². The first-order chi connectivity index (χ1) is 10.6. The first-order valence-corrected chi connectivity index (χ1v) is 9.21. The lowest BCUT2D eigenvalue weighted by Crippen LogP contribution is -2.32. The summed E-state index contributed by atoms with van der Waals surface area (Å²) >= 11 is 0. The predicted molar refractivity (Wildman–Crippen MR) is 73.0 cm³/mol. The standard InChI is InChI=1S/C9H17N3O9P2/c1-19-23(17,18)21-22(15,16)6-20-7(5-13)4-12-3-2-8(10)11-9(12)14/h2-3,7,13H,4-6H2,1H3,(H,15,16)(H,17,18)(H2,10,11,14)/p-2/t7-/m0/s1. The van der Waals surface area contributed by atoms with Crippen LogP contribution in [0.25, 0.3) is 0 Å². The van der Waals surface area contributed by atoms with Crippen LogP contribution in [0.1, 0.15) is 0 Å². The van der Waals surface area contributed by atoms with E-state index in [1.165, 1.54) is 12.3 Å². The van der Waals surface area contributed by atoms with Crippen molar-refractivity contribution < 1.29 is 37.6 Å². The van der Waals surface area contributed by atoms with Gasteiger partial charge in [0.2, 0.25) is 0 Å². The molecule has 1 aromatic heterocycles. The molecule has 12 nitrogen and oxygen atoms in total. The van der Waals surface area contributed by atoms with Crippen molar-refractivity contribution in [3.63, 3.8) is 0 Å². The number of nitrogens with zero attached hydrogens (tertiary/aromatic N) is 2. The lowest BCUT2D eigenvalue weighted by molar-refractivity contribution is -0.232. The molecule has 0 amide bonds. The number of ether oxygens (including phenoxy) is 1. The number of anilines is 1. The monoisotopic (exact) mass is 371 g/mol. The number of phosphoric ester groups is 1. The molecule has 0 aliphatic carbocycles. The fourth-order valence-electron chi connectivity index (χ4n) is 1.37. The molecule has 0 bridgehead atoms. The SMILES string of the molecule is COP(=O)([O-])OP(=O)([O-])CO[C@H](CO)Cn1ccc(N)nc1=O. The molecule has 14 heteroatoms. The first kappa shape index (κ1) is 19.9. The Morgan fingerprint density at radius 3 is 2.65 bits per heavy atom. The third-order valence-corrected chi connectivity index (χ3v) is 5.12. The molecule has 0 saturated carbocycles. The van der Waals surface area contributed by atoms with Gasteiger partial charge in [-0.1, -0.05) is 0 Å². The van der Waals surface area contributed by atoms with E-state index < -0.39 is 40.2 Å². The number of nitrogens with two attached hydrogens (primary N) is 1. The van der Waals surface area contributed by atoms with Crippen molar-refractivity contribution in [1.82, 2.24) is 9.55 Å². The van der Waals surface area contributed by atoms with E-state index in [0.717, 1.165) is 11.7 Å². The summed E-state index contributed by atoms with van der Waals surface area (Å²) in [6, 6.07) is 1.32. The van der Waals surface area contributed by atoms with Crippen LogP contribution < -0.4 is 21.2 Å². The van der Waals surface area contributed by atoms with Crippen molar-refractivity contribution in [2.24, 2.45) is 0 Å². The van der Waals surface area contributed by atoms with Crippen LogP contribution in [0.2, 0.25) is 0 Å². The maximum atomic E-state index is 11.5. The Balaban J connectivity index is 2.68. The van der Waals surface area contributed by atoms with Crippen LogP contribution in [0, 0.1) is 0 Å². The average Bonchev–Trinajstić information content (AvgIpc) is 2.44. The van der Waals surface area contributed by atoms with Crippen molar-refractivity contribution in [2.75, 3.05) is 25.8 Å². The summed E-state index contributed by atoms with van der Waals surface area (Å²) in [6.45, 7) is -0.877. The number of aliphatic hydroxyl groups is 1. The minimum Gasteiger partial charge on any atom is -0.777 e. The molecule has 3 atom stereocenters. The van der Waals surface area contributed by atoms with Crippen molar-refractivity contribution >= 4 is 21.2 Å². The summed E-state index contributed by atoms with van der Waals surface area (Å²) in [5.41, 5.74) is 4.59. The van der Waals surface area contributed by atoms with E-state index in [-0.39, 0.29) is 12.4 Å². The average molecular weight is 371 g/mol. The summed E-state index contributed by atoms with van der Waals surface area (Å²) in [4.78, 5) is 37.3. The Morgan fingerprint density at radius 1 is 1.48 bits per heavy atom. The van der Waals surface area contributed by atoms with Gasteiger partial charge < -0.3 is 34.5 Å². The van der Waals surface area contributed by atoms with Crippen LogP contribution in [-0.2, 0) is 29.2 Å². The molecule has 2 unspecified atom stereocenters. The maximum Gasteiger partial charge on any atom is 0.349 e. The van der Waals surface area contributed by atoms with Gasteiger partial charge >= 0.3 is 5.69 Å². The zero-order valence-corrected chi connectivity index (χ0v) is 13.7. The minimum atomic E-state index is -4.99. The highest BCUT2D eigenvalue weighted by atomic mass is 31.3. The van der Waals surface area contributed by atoms with Crippen LogP contribution >= 0.6 is 15.4 Å². The van der Waals surface area contributed by atoms with Gasteiger partial charge in [0.05, 0.1) is 19.3 Å². The van der Waals surface area contributed by atoms with Crippen molar-refractivity contribution in [2.45, 2.75) is 12.6 Å². The van der Waals surface area contributed by atoms with Gasteiger partial charge in [-0.3, -0.25) is 13.4 Å². The van der Waals surface area contributed by atoms with Gasteiger partial charge in [0.1, 0.15) is 12.2 Å². The summed E-state index contributed by atoms with van der Waals surface area (Å²) in [7, 11) is -9.19. The largest absolute Gasteiger partial charge is 0.777 e. The number of aromatic nitrogens is 2. The van der Waals surface area contributed by atoms with Gasteiger partial charge in [-0.15, -0.1) is 0 Å². The molecule has 0 aliphatic heterocycles. The topological polar surface area (TPSA) is 189 Å². The fourth-order valence-corrected chi connectivity index (χ4v) is 3.44. The molecule has 0 saturated heterocycles. The third-order valence-electron chi connectivity index (χ3n) is 2.42. The molecule has 1 aromatic rings. The zero-order valence-electron chi connectivity index (χ0n) is 11.9. The third kappa shape index (κ3) is 6.90. The molecule has 0 aliphatic rings. The number of phosphoric acid groups is 1. The zero-order chi connectivity index (χ0) is 17.7. The van der Waals surface area contributed by atoms with E-state index in [9.17, 15) is 23.7 Å². The molecule has 0 radical (unpaired) electrons. The highest BCUT2D eigenvalue weighted by Gasteiger charge is 2.20. The van der Waals surface area contributed by atoms with Crippen molar-refractivity contribution in [3.05, 3.63) is 22.7 Å². The lowest BCUT2D eigenvalue weighted by atomic mass is 10.3. The first-order valence-electron chi connectivity index (χ1n) is 6.02. The van der Waals surface area contributed by atoms with Gasteiger partial charge in [0.15, 0.2) is 7.60 Å². The molecule has 3 N–H and O–H groups in total. The molecular weight excluding hydrogens is 356 g/mol. The highest BCUT2D eigenvalue weighted by Crippen LogP contribution is 2.54. The van der Waals surface area contributed by atoms with Gasteiger partial charge in [-0.05, 0) is 6.07 Å². The summed E-state index contributed by atoms with van der Waals surface area (Å²) in [6.07, 6.45) is -0.997. The fraction of sp³-hybridized carbons (Fsp3) is 0.556. The molecule has 0 spiro atoms. The predicted octanol–water partition coefficient (Wildman–Crippen LogP) is -2.15. The molecular formula is C9H15N3O9P2-2. The van der Waals surface area contributed by atoms with Crippen molar-refractivity contribution in [1.29, 1.82) is 0 Å². The van der Waals surface area contributed by atoms with E-state index in [4.69, 9.17) is 15.6 Å². The van der Waals surface area contributed by atoms with E-state index in [0.29, 0.717) is 0 Å². The summed E-state index contributed by atoms with van der Waals surface area (Å²) in [5, 5.41) is 9.15. The molecule has 23 heavy (non-hydrogen) atoms. The summed E-state index contributed by atoms with van der Waals surface area (Å²) < 4.78 is 36.0. The number of nitrogen functional groups attached to an aromatic ring is 1. The van der Waals surface area contributed by atoms with Gasteiger partial charge in [-0.25, -0.2) is 4.79 Å². The van der Waals surface area contributed by atoms with Crippen LogP contribution in [0.15, 0.2) is 17.1 Å². The Bertz CT molecular complexity index is 678. The number of hydrogen-bond donors (Lipinski definition) is 2. The number of aliphatic hydroxyl groups excluding tert-OH is 1. The van der Waals surface area contributed by atoms with Crippen molar-refractivity contribution in [3.8, 4) is 0 Å². The van der Waals surface area contributed by atoms with Gasteiger partial charge in [0, 0.05) is 13.3 Å². The molecule has 0 aromatic carbocycles. The van der Waals surface area contributed by atoms with E-state index in [1.807, 2.05) is 0 Å². The number of hydrogen-bond acceptors (Lipinski definition) is 11. The second kappa shape index (κ2) is 8.13. The van der Waals surface area contributed by atoms with Crippen LogP contribution in [0.3, 0.4) is 0 Å². The lowest BCUT2D eigenvalue weighted by Gasteiger charge is -2.31. The normalized spacial score (nSPS) is 18.1. The van der Waals surface area contributed by atoms with Gasteiger partial charge in [-0.2, -0.15) is 4.98 Å². The van der Waals surface area contributed by atoms with E-state index in [1.54, 1.807) is 0 Å². The molecule has 132 valence electrons. The van der Waals surface area contributed by atoms with Crippen LogP contribution in [0.4, 0.5) is 5.82 Å². The molecule has 1 rings (SSSR count). The second-order valence-electron chi connectivity index (χ2n) is 4.21. The quantitative estimate of drug-likeness (QED) is 0.450. The van der Waals surface area contributed by atoms with Crippen LogP contribution in [0.5, 0.6) is 0 Å². The second-order valence-corrected chi connectivity index (χ2v) is 7.60. The van der Waals surface area contributed by atoms with E-state index >= 15 is 0 Å². The van der Waals surface area contributed by atoms with Gasteiger partial charge in [0.25, 0.3) is 7.82 Å². The number of rotatable bonds is 9. The Labute approximate surface area is 130 Å². The summed E-state index contributed by atoms with van der Waals surface area (Å²) in [5.74, 6) is -0.00376. The van der Waals surface area contributed by atoms with E-state index in [2.05, 4.69) is 13.8 Å². The Kier molecular flexibility index (Phi) is 7.05. The smallest absolute Gasteiger partial charge is 0.349 e. The molecule has 0 fully saturated rings. The maximum absolute atomic E-state index is 11.5. The highest BCUT2D eigenvalue weighted by molar-refractivity contribution is 7.62. The Hall–Kier alpha value is -1.10. The molecule has 1 heterocycles. The minimum absolute atomic E-state index is 0.00376.